The quantitative estimate of drug-likeness (QED) is 0.712. The minimum Gasteiger partial charge on any atom is -0.356 e. The number of halogens is 1. The van der Waals surface area contributed by atoms with Gasteiger partial charge in [0.15, 0.2) is 15.7 Å². The van der Waals surface area contributed by atoms with Crippen molar-refractivity contribution in [3.63, 3.8) is 0 Å². The molecule has 3 fully saturated rings. The summed E-state index contributed by atoms with van der Waals surface area (Å²) in [5.41, 5.74) is 0.740. The first-order chi connectivity index (χ1) is 15.4. The van der Waals surface area contributed by atoms with Crippen molar-refractivity contribution in [3.05, 3.63) is 47.9 Å². The third-order valence-corrected chi connectivity index (χ3v) is 9.65. The predicted molar refractivity (Wildman–Crippen MR) is 121 cm³/mol. The van der Waals surface area contributed by atoms with Crippen molar-refractivity contribution in [2.45, 2.75) is 61.5 Å². The highest BCUT2D eigenvalue weighted by Crippen LogP contribution is 2.53. The predicted octanol–water partition coefficient (Wildman–Crippen LogP) is 4.57. The Kier molecular flexibility index (Phi) is 5.43. The number of carbonyl (C=O) groups excluding carboxylic acids is 1. The fraction of sp³-hybridized carbons (Fsp3) is 0.500. The van der Waals surface area contributed by atoms with Crippen molar-refractivity contribution in [1.82, 2.24) is 4.98 Å². The molecule has 0 unspecified atom stereocenters. The van der Waals surface area contributed by atoms with Crippen molar-refractivity contribution in [2.24, 2.45) is 5.41 Å². The zero-order valence-electron chi connectivity index (χ0n) is 18.0. The van der Waals surface area contributed by atoms with Gasteiger partial charge in [0.2, 0.25) is 0 Å². The van der Waals surface area contributed by atoms with Crippen LogP contribution in [0.15, 0.2) is 41.4 Å². The van der Waals surface area contributed by atoms with Crippen LogP contribution in [0, 0.1) is 11.2 Å². The van der Waals surface area contributed by atoms with Gasteiger partial charge in [0.1, 0.15) is 10.7 Å². The van der Waals surface area contributed by atoms with Crippen molar-refractivity contribution < 1.29 is 17.6 Å². The molecule has 5 rings (SSSR count). The highest BCUT2D eigenvalue weighted by Gasteiger charge is 2.44. The molecule has 2 saturated carbocycles. The summed E-state index contributed by atoms with van der Waals surface area (Å²) < 4.78 is 41.0. The van der Waals surface area contributed by atoms with Crippen LogP contribution in [0.4, 0.5) is 15.9 Å². The van der Waals surface area contributed by atoms with E-state index < -0.39 is 26.8 Å². The van der Waals surface area contributed by atoms with Crippen LogP contribution in [0.2, 0.25) is 0 Å². The number of anilines is 2. The first-order valence-electron chi connectivity index (χ1n) is 11.4. The van der Waals surface area contributed by atoms with Gasteiger partial charge in [-0.25, -0.2) is 17.8 Å². The molecule has 0 bridgehead atoms. The highest BCUT2D eigenvalue weighted by atomic mass is 32.2. The molecule has 0 radical (unpaired) electrons. The Hall–Kier alpha value is -2.48. The molecule has 2 aromatic rings. The first kappa shape index (κ1) is 21.4. The molecule has 32 heavy (non-hydrogen) atoms. The normalized spacial score (nSPS) is 20.5. The molecule has 1 N–H and O–H groups in total. The lowest BCUT2D eigenvalue weighted by atomic mass is 9.93. The lowest BCUT2D eigenvalue weighted by Crippen LogP contribution is -2.36. The van der Waals surface area contributed by atoms with E-state index in [9.17, 15) is 13.2 Å². The standard InChI is InChI=1S/C24H28FN3O3S/c25-21-19(8-3-9-20(21)32(30,31)17-5-1-2-6-17)27-23(29)18-7-4-14-26-22(18)28-15-12-24(10-11-24)13-16-28/h3-4,7-9,14,17H,1-2,5-6,10-13,15-16H2,(H,27,29). The van der Waals surface area contributed by atoms with Gasteiger partial charge >= 0.3 is 0 Å². The third kappa shape index (κ3) is 3.89. The molecule has 1 aromatic carbocycles. The maximum atomic E-state index is 15.2. The average Bonchev–Trinajstić information content (AvgIpc) is 3.31. The molecule has 0 atom stereocenters. The number of sulfone groups is 1. The van der Waals surface area contributed by atoms with Crippen LogP contribution >= 0.6 is 0 Å². The number of nitrogens with one attached hydrogen (secondary N) is 1. The second-order valence-corrected chi connectivity index (χ2v) is 11.6. The van der Waals surface area contributed by atoms with E-state index >= 15 is 4.39 Å². The Morgan fingerprint density at radius 1 is 1.06 bits per heavy atom. The summed E-state index contributed by atoms with van der Waals surface area (Å²) in [4.78, 5) is 19.3. The zero-order chi connectivity index (χ0) is 22.3. The van der Waals surface area contributed by atoms with E-state index in [-0.39, 0.29) is 10.6 Å². The van der Waals surface area contributed by atoms with E-state index in [4.69, 9.17) is 0 Å². The summed E-state index contributed by atoms with van der Waals surface area (Å²) in [6.07, 6.45) is 9.20. The molecule has 1 aliphatic heterocycles. The molecule has 6 nitrogen and oxygen atoms in total. The molecular formula is C24H28FN3O3S. The van der Waals surface area contributed by atoms with Crippen molar-refractivity contribution in [2.75, 3.05) is 23.3 Å². The van der Waals surface area contributed by atoms with Gasteiger partial charge in [-0.1, -0.05) is 18.9 Å². The number of pyridine rings is 1. The van der Waals surface area contributed by atoms with Crippen LogP contribution in [0.5, 0.6) is 0 Å². The number of aromatic nitrogens is 1. The minimum atomic E-state index is -3.77. The summed E-state index contributed by atoms with van der Waals surface area (Å²) in [6.45, 7) is 1.70. The average molecular weight is 458 g/mol. The molecule has 8 heteroatoms. The number of nitrogens with zero attached hydrogens (tertiary/aromatic N) is 2. The monoisotopic (exact) mass is 457 g/mol. The largest absolute Gasteiger partial charge is 0.356 e. The van der Waals surface area contributed by atoms with Gasteiger partial charge in [0.05, 0.1) is 16.5 Å². The molecule has 1 amide bonds. The number of amides is 1. The van der Waals surface area contributed by atoms with Crippen molar-refractivity contribution >= 4 is 27.2 Å². The summed E-state index contributed by atoms with van der Waals surface area (Å²) in [5, 5.41) is 2.04. The molecule has 170 valence electrons. The number of carbonyl (C=O) groups is 1. The Balaban J connectivity index is 1.38. The molecule has 1 spiro atoms. The van der Waals surface area contributed by atoms with E-state index in [1.807, 2.05) is 0 Å². The van der Waals surface area contributed by atoms with E-state index in [1.54, 1.807) is 18.3 Å². The maximum Gasteiger partial charge on any atom is 0.259 e. The zero-order valence-corrected chi connectivity index (χ0v) is 18.8. The summed E-state index contributed by atoms with van der Waals surface area (Å²) in [5.74, 6) is -0.795. The summed E-state index contributed by atoms with van der Waals surface area (Å²) in [6, 6.07) is 7.52. The van der Waals surface area contributed by atoms with Gasteiger partial charge in [-0.15, -0.1) is 0 Å². The van der Waals surface area contributed by atoms with Crippen LogP contribution in [-0.2, 0) is 9.84 Å². The van der Waals surface area contributed by atoms with Crippen LogP contribution in [0.3, 0.4) is 0 Å². The van der Waals surface area contributed by atoms with Gasteiger partial charge in [-0.05, 0) is 68.2 Å². The minimum absolute atomic E-state index is 0.126. The molecule has 3 aliphatic rings. The Labute approximate surface area is 188 Å². The van der Waals surface area contributed by atoms with Crippen LogP contribution in [-0.4, -0.2) is 37.6 Å². The second-order valence-electron chi connectivity index (χ2n) is 9.38. The Bertz CT molecular complexity index is 1130. The molecule has 2 heterocycles. The molecule has 2 aliphatic carbocycles. The first-order valence-corrected chi connectivity index (χ1v) is 13.0. The van der Waals surface area contributed by atoms with Crippen LogP contribution in [0.1, 0.15) is 61.7 Å². The van der Waals surface area contributed by atoms with Gasteiger partial charge in [0, 0.05) is 19.3 Å². The van der Waals surface area contributed by atoms with E-state index in [2.05, 4.69) is 15.2 Å². The Morgan fingerprint density at radius 3 is 2.47 bits per heavy atom. The third-order valence-electron chi connectivity index (χ3n) is 7.37. The van der Waals surface area contributed by atoms with Gasteiger partial charge in [-0.3, -0.25) is 4.79 Å². The SMILES string of the molecule is O=C(Nc1cccc(S(=O)(=O)C2CCCC2)c1F)c1cccnc1N1CCC2(CC1)CC2. The number of hydrogen-bond acceptors (Lipinski definition) is 5. The van der Waals surface area contributed by atoms with Crippen molar-refractivity contribution in [3.8, 4) is 0 Å². The summed E-state index contributed by atoms with van der Waals surface area (Å²) >= 11 is 0. The van der Waals surface area contributed by atoms with Gasteiger partial charge in [0.25, 0.3) is 5.91 Å². The van der Waals surface area contributed by atoms with Gasteiger partial charge in [-0.2, -0.15) is 0 Å². The smallest absolute Gasteiger partial charge is 0.259 e. The number of hydrogen-bond donors (Lipinski definition) is 1. The number of piperidine rings is 1. The number of rotatable bonds is 5. The fourth-order valence-corrected chi connectivity index (χ4v) is 7.03. The number of benzene rings is 1. The van der Waals surface area contributed by atoms with E-state index in [0.29, 0.717) is 29.6 Å². The second kappa shape index (κ2) is 8.14. The fourth-order valence-electron chi connectivity index (χ4n) is 5.09. The summed E-state index contributed by atoms with van der Waals surface area (Å²) in [7, 11) is -3.77. The molecular weight excluding hydrogens is 429 g/mol. The van der Waals surface area contributed by atoms with E-state index in [0.717, 1.165) is 38.8 Å². The highest BCUT2D eigenvalue weighted by molar-refractivity contribution is 7.92. The van der Waals surface area contributed by atoms with Crippen LogP contribution < -0.4 is 10.2 Å². The topological polar surface area (TPSA) is 79.4 Å². The molecule has 1 saturated heterocycles. The van der Waals surface area contributed by atoms with Crippen LogP contribution in [0.25, 0.3) is 0 Å². The van der Waals surface area contributed by atoms with Crippen molar-refractivity contribution in [1.29, 1.82) is 0 Å². The lowest BCUT2D eigenvalue weighted by Gasteiger charge is -2.33. The molecule has 1 aromatic heterocycles. The maximum absolute atomic E-state index is 15.2. The van der Waals surface area contributed by atoms with E-state index in [1.165, 1.54) is 31.0 Å². The lowest BCUT2D eigenvalue weighted by molar-refractivity contribution is 0.102. The van der Waals surface area contributed by atoms with Gasteiger partial charge < -0.3 is 10.2 Å². The Morgan fingerprint density at radius 2 is 1.78 bits per heavy atom.